The van der Waals surface area contributed by atoms with Gasteiger partial charge in [-0.25, -0.2) is 8.78 Å². The molecular formula is C12H13F2NO3. The van der Waals surface area contributed by atoms with Gasteiger partial charge in [-0.3, -0.25) is 9.59 Å². The number of hydrogen-bond donors (Lipinski definition) is 2. The third kappa shape index (κ3) is 3.26. The highest BCUT2D eigenvalue weighted by Crippen LogP contribution is 2.18. The van der Waals surface area contributed by atoms with Gasteiger partial charge in [0.2, 0.25) is 5.91 Å². The maximum absolute atomic E-state index is 13.3. The van der Waals surface area contributed by atoms with Crippen LogP contribution >= 0.6 is 0 Å². The summed E-state index contributed by atoms with van der Waals surface area (Å²) in [5.74, 6) is -5.56. The molecule has 0 spiro atoms. The lowest BCUT2D eigenvalue weighted by atomic mass is 9.95. The molecule has 0 radical (unpaired) electrons. The summed E-state index contributed by atoms with van der Waals surface area (Å²) in [4.78, 5) is 22.6. The summed E-state index contributed by atoms with van der Waals surface area (Å²) in [6, 6.07) is 2.63. The standard InChI is InChI=1S/C12H13F2NO3/c1-6(2)10(12(17)18)11(16)15-9-4-3-7(13)5-8(9)14/h3-6,10H,1-2H3,(H,15,16)(H,17,18). The zero-order valence-corrected chi connectivity index (χ0v) is 9.91. The molecule has 1 rings (SSSR count). The van der Waals surface area contributed by atoms with Gasteiger partial charge in [0.05, 0.1) is 5.69 Å². The van der Waals surface area contributed by atoms with Gasteiger partial charge in [0.15, 0.2) is 0 Å². The number of hydrogen-bond acceptors (Lipinski definition) is 2. The average Bonchev–Trinajstić information content (AvgIpc) is 2.21. The highest BCUT2D eigenvalue weighted by molar-refractivity contribution is 6.04. The van der Waals surface area contributed by atoms with E-state index in [-0.39, 0.29) is 5.69 Å². The van der Waals surface area contributed by atoms with E-state index >= 15 is 0 Å². The van der Waals surface area contributed by atoms with Crippen LogP contribution in [0.25, 0.3) is 0 Å². The molecule has 1 unspecified atom stereocenters. The summed E-state index contributed by atoms with van der Waals surface area (Å²) in [5.41, 5.74) is -0.242. The van der Waals surface area contributed by atoms with Crippen molar-refractivity contribution in [2.45, 2.75) is 13.8 Å². The minimum Gasteiger partial charge on any atom is -0.481 e. The molecule has 1 aromatic rings. The second kappa shape index (κ2) is 5.57. The van der Waals surface area contributed by atoms with Crippen LogP contribution in [0.3, 0.4) is 0 Å². The van der Waals surface area contributed by atoms with Crippen molar-refractivity contribution in [1.29, 1.82) is 0 Å². The number of amides is 1. The van der Waals surface area contributed by atoms with Crippen LogP contribution in [0.4, 0.5) is 14.5 Å². The second-order valence-corrected chi connectivity index (χ2v) is 4.17. The number of anilines is 1. The Kier molecular flexibility index (Phi) is 4.36. The monoisotopic (exact) mass is 257 g/mol. The maximum atomic E-state index is 13.3. The summed E-state index contributed by atoms with van der Waals surface area (Å²) in [6.07, 6.45) is 0. The number of halogens is 2. The van der Waals surface area contributed by atoms with Crippen molar-refractivity contribution in [3.05, 3.63) is 29.8 Å². The number of benzene rings is 1. The van der Waals surface area contributed by atoms with E-state index in [0.717, 1.165) is 12.1 Å². The summed E-state index contributed by atoms with van der Waals surface area (Å²) in [7, 11) is 0. The van der Waals surface area contributed by atoms with E-state index in [1.807, 2.05) is 0 Å². The number of rotatable bonds is 4. The molecule has 2 N–H and O–H groups in total. The zero-order chi connectivity index (χ0) is 13.9. The van der Waals surface area contributed by atoms with Gasteiger partial charge in [-0.1, -0.05) is 13.8 Å². The lowest BCUT2D eigenvalue weighted by Crippen LogP contribution is -2.33. The first-order chi connectivity index (χ1) is 8.32. The van der Waals surface area contributed by atoms with Crippen LogP contribution in [0, 0.1) is 23.5 Å². The molecule has 1 amide bonds. The Hall–Kier alpha value is -1.98. The number of carboxylic acid groups (broad SMARTS) is 1. The fourth-order valence-electron chi connectivity index (χ4n) is 1.50. The third-order valence-electron chi connectivity index (χ3n) is 2.40. The number of carbonyl (C=O) groups excluding carboxylic acids is 1. The fourth-order valence-corrected chi connectivity index (χ4v) is 1.50. The third-order valence-corrected chi connectivity index (χ3v) is 2.40. The molecule has 0 aliphatic heterocycles. The number of aliphatic carboxylic acids is 1. The molecule has 0 saturated heterocycles. The van der Waals surface area contributed by atoms with Gasteiger partial charge in [-0.15, -0.1) is 0 Å². The van der Waals surface area contributed by atoms with Gasteiger partial charge < -0.3 is 10.4 Å². The lowest BCUT2D eigenvalue weighted by molar-refractivity contribution is -0.147. The van der Waals surface area contributed by atoms with Crippen molar-refractivity contribution in [2.24, 2.45) is 11.8 Å². The average molecular weight is 257 g/mol. The largest absolute Gasteiger partial charge is 0.481 e. The highest BCUT2D eigenvalue weighted by Gasteiger charge is 2.30. The van der Waals surface area contributed by atoms with Gasteiger partial charge in [-0.2, -0.15) is 0 Å². The lowest BCUT2D eigenvalue weighted by Gasteiger charge is -2.16. The molecule has 0 fully saturated rings. The molecule has 6 heteroatoms. The van der Waals surface area contributed by atoms with E-state index in [0.29, 0.717) is 6.07 Å². The van der Waals surface area contributed by atoms with Gasteiger partial charge in [0, 0.05) is 6.07 Å². The SMILES string of the molecule is CC(C)C(C(=O)O)C(=O)Nc1ccc(F)cc1F. The zero-order valence-electron chi connectivity index (χ0n) is 9.91. The van der Waals surface area contributed by atoms with Crippen LogP contribution in [0.2, 0.25) is 0 Å². The van der Waals surface area contributed by atoms with E-state index < -0.39 is 35.3 Å². The van der Waals surface area contributed by atoms with E-state index in [1.54, 1.807) is 13.8 Å². The Bertz CT molecular complexity index is 474. The normalized spacial score (nSPS) is 12.3. The van der Waals surface area contributed by atoms with Gasteiger partial charge in [-0.05, 0) is 18.1 Å². The van der Waals surface area contributed by atoms with E-state index in [1.165, 1.54) is 0 Å². The molecule has 98 valence electrons. The van der Waals surface area contributed by atoms with Crippen LogP contribution in [0.5, 0.6) is 0 Å². The molecule has 18 heavy (non-hydrogen) atoms. The maximum Gasteiger partial charge on any atom is 0.316 e. The molecule has 0 saturated carbocycles. The Labute approximate surface area is 103 Å². The summed E-state index contributed by atoms with van der Waals surface area (Å²) in [6.45, 7) is 3.14. The van der Waals surface area contributed by atoms with Crippen molar-refractivity contribution < 1.29 is 23.5 Å². The molecule has 1 aromatic carbocycles. The first-order valence-electron chi connectivity index (χ1n) is 5.31. The molecule has 0 aromatic heterocycles. The minimum absolute atomic E-state index is 0.242. The first kappa shape index (κ1) is 14.1. The van der Waals surface area contributed by atoms with Crippen LogP contribution in [0.15, 0.2) is 18.2 Å². The predicted molar refractivity (Wildman–Crippen MR) is 61.0 cm³/mol. The van der Waals surface area contributed by atoms with Crippen molar-refractivity contribution in [2.75, 3.05) is 5.32 Å². The van der Waals surface area contributed by atoms with Crippen LogP contribution in [-0.2, 0) is 9.59 Å². The molecule has 0 heterocycles. The predicted octanol–water partition coefficient (Wildman–Crippen LogP) is 2.26. The van der Waals surface area contributed by atoms with Gasteiger partial charge >= 0.3 is 5.97 Å². The van der Waals surface area contributed by atoms with Gasteiger partial charge in [0.1, 0.15) is 17.6 Å². The molecular weight excluding hydrogens is 244 g/mol. The minimum atomic E-state index is -1.29. The smallest absolute Gasteiger partial charge is 0.316 e. The Morgan fingerprint density at radius 1 is 1.28 bits per heavy atom. The Morgan fingerprint density at radius 2 is 1.89 bits per heavy atom. The van der Waals surface area contributed by atoms with Crippen molar-refractivity contribution in [3.8, 4) is 0 Å². The van der Waals surface area contributed by atoms with E-state index in [9.17, 15) is 18.4 Å². The van der Waals surface area contributed by atoms with E-state index in [4.69, 9.17) is 5.11 Å². The molecule has 0 aliphatic rings. The Balaban J connectivity index is 2.89. The molecule has 4 nitrogen and oxygen atoms in total. The van der Waals surface area contributed by atoms with Crippen molar-refractivity contribution in [1.82, 2.24) is 0 Å². The number of carboxylic acids is 1. The van der Waals surface area contributed by atoms with Crippen LogP contribution in [-0.4, -0.2) is 17.0 Å². The molecule has 0 aliphatic carbocycles. The highest BCUT2D eigenvalue weighted by atomic mass is 19.1. The first-order valence-corrected chi connectivity index (χ1v) is 5.31. The van der Waals surface area contributed by atoms with Crippen LogP contribution in [0.1, 0.15) is 13.8 Å². The summed E-state index contributed by atoms with van der Waals surface area (Å²) < 4.78 is 25.9. The van der Waals surface area contributed by atoms with Crippen LogP contribution < -0.4 is 5.32 Å². The summed E-state index contributed by atoms with van der Waals surface area (Å²) in [5, 5.41) is 11.0. The second-order valence-electron chi connectivity index (χ2n) is 4.17. The summed E-state index contributed by atoms with van der Waals surface area (Å²) >= 11 is 0. The van der Waals surface area contributed by atoms with Crippen molar-refractivity contribution >= 4 is 17.6 Å². The quantitative estimate of drug-likeness (QED) is 0.813. The van der Waals surface area contributed by atoms with Crippen molar-refractivity contribution in [3.63, 3.8) is 0 Å². The van der Waals surface area contributed by atoms with E-state index in [2.05, 4.69) is 5.32 Å². The fraction of sp³-hybridized carbons (Fsp3) is 0.333. The number of carbonyl (C=O) groups is 2. The number of nitrogens with one attached hydrogen (secondary N) is 1. The molecule has 1 atom stereocenters. The molecule has 0 bridgehead atoms. The van der Waals surface area contributed by atoms with Gasteiger partial charge in [0.25, 0.3) is 0 Å². The Morgan fingerprint density at radius 3 is 2.33 bits per heavy atom. The topological polar surface area (TPSA) is 66.4 Å².